The summed E-state index contributed by atoms with van der Waals surface area (Å²) in [7, 11) is 1.73. The maximum atomic E-state index is 11.9. The molecule has 1 heterocycles. The summed E-state index contributed by atoms with van der Waals surface area (Å²) in [6, 6.07) is 0.385. The Balaban J connectivity index is 0.00000288. The van der Waals surface area contributed by atoms with E-state index >= 15 is 0 Å². The largest absolute Gasteiger partial charge is 0.356 e. The fourth-order valence-corrected chi connectivity index (χ4v) is 3.53. The van der Waals surface area contributed by atoms with Crippen LogP contribution in [0.1, 0.15) is 47.7 Å². The lowest BCUT2D eigenvalue weighted by Gasteiger charge is -2.13. The van der Waals surface area contributed by atoms with Crippen molar-refractivity contribution in [2.24, 2.45) is 4.99 Å². The van der Waals surface area contributed by atoms with Gasteiger partial charge in [-0.2, -0.15) is 0 Å². The highest BCUT2D eigenvalue weighted by Crippen LogP contribution is 2.17. The van der Waals surface area contributed by atoms with Gasteiger partial charge in [0.25, 0.3) is 0 Å². The van der Waals surface area contributed by atoms with Gasteiger partial charge in [-0.3, -0.25) is 9.79 Å². The lowest BCUT2D eigenvalue weighted by atomic mass is 10.2. The van der Waals surface area contributed by atoms with Crippen molar-refractivity contribution >= 4 is 47.2 Å². The molecule has 1 aliphatic carbocycles. The monoisotopic (exact) mass is 465 g/mol. The third kappa shape index (κ3) is 6.92. The first kappa shape index (κ1) is 21.1. The zero-order valence-electron chi connectivity index (χ0n) is 14.6. The Bertz CT molecular complexity index is 535. The number of thiazole rings is 1. The second kappa shape index (κ2) is 10.9. The number of aliphatic imine (C=N–C) groups is 1. The Morgan fingerprint density at radius 3 is 2.58 bits per heavy atom. The fourth-order valence-electron chi connectivity index (χ4n) is 2.66. The van der Waals surface area contributed by atoms with Gasteiger partial charge in [0.2, 0.25) is 5.91 Å². The van der Waals surface area contributed by atoms with Crippen molar-refractivity contribution in [3.63, 3.8) is 0 Å². The van der Waals surface area contributed by atoms with Crippen LogP contribution >= 0.6 is 35.3 Å². The number of rotatable bonds is 6. The number of nitrogens with one attached hydrogen (secondary N) is 3. The highest BCUT2D eigenvalue weighted by atomic mass is 127. The molecule has 0 aliphatic heterocycles. The standard InChI is InChI=1S/C16H27N5OS.HI/c1-11-12(2)23-15(20-11)10-19-16(17-3)18-9-8-14(22)21-13-6-4-5-7-13;/h13H,4-10H2,1-3H3,(H,21,22)(H2,17,18,19);1H. The summed E-state index contributed by atoms with van der Waals surface area (Å²) in [4.78, 5) is 21.8. The first-order valence-corrected chi connectivity index (χ1v) is 9.07. The van der Waals surface area contributed by atoms with Gasteiger partial charge in [0.15, 0.2) is 5.96 Å². The summed E-state index contributed by atoms with van der Waals surface area (Å²) in [6.07, 6.45) is 5.17. The van der Waals surface area contributed by atoms with E-state index < -0.39 is 0 Å². The van der Waals surface area contributed by atoms with E-state index in [9.17, 15) is 4.79 Å². The van der Waals surface area contributed by atoms with Gasteiger partial charge in [0.05, 0.1) is 12.2 Å². The van der Waals surface area contributed by atoms with Crippen LogP contribution in [-0.4, -0.2) is 36.5 Å². The summed E-state index contributed by atoms with van der Waals surface area (Å²) in [6.45, 7) is 5.32. The van der Waals surface area contributed by atoms with Gasteiger partial charge < -0.3 is 16.0 Å². The average Bonchev–Trinajstić information content (AvgIpc) is 3.13. The minimum atomic E-state index is 0. The summed E-state index contributed by atoms with van der Waals surface area (Å²) in [5.41, 5.74) is 1.08. The number of nitrogens with zero attached hydrogens (tertiary/aromatic N) is 2. The molecule has 0 atom stereocenters. The number of hydrogen-bond donors (Lipinski definition) is 3. The van der Waals surface area contributed by atoms with Crippen molar-refractivity contribution in [1.82, 2.24) is 20.9 Å². The van der Waals surface area contributed by atoms with Crippen molar-refractivity contribution in [2.75, 3.05) is 13.6 Å². The van der Waals surface area contributed by atoms with Crippen LogP contribution in [0.5, 0.6) is 0 Å². The second-order valence-corrected chi connectivity index (χ2v) is 7.19. The third-order valence-electron chi connectivity index (χ3n) is 4.07. The van der Waals surface area contributed by atoms with Gasteiger partial charge >= 0.3 is 0 Å². The number of amides is 1. The van der Waals surface area contributed by atoms with Crippen LogP contribution in [0.4, 0.5) is 0 Å². The zero-order chi connectivity index (χ0) is 16.7. The Morgan fingerprint density at radius 1 is 1.29 bits per heavy atom. The molecule has 24 heavy (non-hydrogen) atoms. The molecule has 0 bridgehead atoms. The van der Waals surface area contributed by atoms with Gasteiger partial charge in [-0.05, 0) is 26.7 Å². The Hall–Kier alpha value is -0.900. The zero-order valence-corrected chi connectivity index (χ0v) is 17.8. The maximum absolute atomic E-state index is 11.9. The number of halogens is 1. The molecule has 1 aromatic rings. The van der Waals surface area contributed by atoms with Crippen molar-refractivity contribution in [1.29, 1.82) is 0 Å². The molecule has 3 N–H and O–H groups in total. The van der Waals surface area contributed by atoms with E-state index in [1.54, 1.807) is 18.4 Å². The number of hydrogen-bond acceptors (Lipinski definition) is 4. The molecule has 1 amide bonds. The topological polar surface area (TPSA) is 78.4 Å². The SMILES string of the molecule is CN=C(NCCC(=O)NC1CCCC1)NCc1nc(C)c(C)s1.I. The van der Waals surface area contributed by atoms with E-state index in [2.05, 4.69) is 32.9 Å². The number of carbonyl (C=O) groups is 1. The minimum Gasteiger partial charge on any atom is -0.356 e. The first-order chi connectivity index (χ1) is 11.1. The highest BCUT2D eigenvalue weighted by molar-refractivity contribution is 14.0. The van der Waals surface area contributed by atoms with Crippen LogP contribution in [0.3, 0.4) is 0 Å². The van der Waals surface area contributed by atoms with Crippen molar-refractivity contribution in [3.8, 4) is 0 Å². The molecule has 6 nitrogen and oxygen atoms in total. The molecule has 0 radical (unpaired) electrons. The maximum Gasteiger partial charge on any atom is 0.221 e. The van der Waals surface area contributed by atoms with Crippen LogP contribution in [0.25, 0.3) is 0 Å². The molecule has 1 aromatic heterocycles. The van der Waals surface area contributed by atoms with Gasteiger partial charge in [0.1, 0.15) is 5.01 Å². The van der Waals surface area contributed by atoms with Crippen LogP contribution in [0.2, 0.25) is 0 Å². The van der Waals surface area contributed by atoms with Crippen molar-refractivity contribution in [2.45, 2.75) is 58.5 Å². The number of aromatic nitrogens is 1. The summed E-state index contributed by atoms with van der Waals surface area (Å²) in [5.74, 6) is 0.815. The molecular weight excluding hydrogens is 437 g/mol. The Labute approximate surface area is 165 Å². The summed E-state index contributed by atoms with van der Waals surface area (Å²) < 4.78 is 0. The van der Waals surface area contributed by atoms with Gasteiger partial charge in [-0.1, -0.05) is 12.8 Å². The molecule has 0 saturated heterocycles. The molecule has 1 saturated carbocycles. The molecule has 1 aliphatic rings. The van der Waals surface area contributed by atoms with Gasteiger partial charge in [-0.15, -0.1) is 35.3 Å². The van der Waals surface area contributed by atoms with Gasteiger partial charge in [0, 0.05) is 30.9 Å². The molecule has 0 spiro atoms. The quantitative estimate of drug-likeness (QED) is 0.343. The van der Waals surface area contributed by atoms with E-state index in [0.29, 0.717) is 31.5 Å². The summed E-state index contributed by atoms with van der Waals surface area (Å²) >= 11 is 1.69. The summed E-state index contributed by atoms with van der Waals surface area (Å²) in [5, 5.41) is 10.5. The van der Waals surface area contributed by atoms with E-state index in [-0.39, 0.29) is 29.9 Å². The first-order valence-electron chi connectivity index (χ1n) is 8.25. The second-order valence-electron chi connectivity index (χ2n) is 5.90. The van der Waals surface area contributed by atoms with E-state index in [1.807, 2.05) is 6.92 Å². The molecule has 0 aromatic carbocycles. The number of carbonyl (C=O) groups excluding carboxylic acids is 1. The van der Waals surface area contributed by atoms with Crippen LogP contribution in [0, 0.1) is 13.8 Å². The molecule has 8 heteroatoms. The van der Waals surface area contributed by atoms with Crippen LogP contribution in [-0.2, 0) is 11.3 Å². The van der Waals surface area contributed by atoms with Crippen LogP contribution < -0.4 is 16.0 Å². The Morgan fingerprint density at radius 2 is 2.00 bits per heavy atom. The highest BCUT2D eigenvalue weighted by Gasteiger charge is 2.16. The number of guanidine groups is 1. The van der Waals surface area contributed by atoms with E-state index in [4.69, 9.17) is 0 Å². The normalized spacial score (nSPS) is 15.0. The molecule has 2 rings (SSSR count). The van der Waals surface area contributed by atoms with Crippen molar-refractivity contribution in [3.05, 3.63) is 15.6 Å². The predicted octanol–water partition coefficient (Wildman–Crippen LogP) is 2.49. The average molecular weight is 465 g/mol. The van der Waals surface area contributed by atoms with Crippen molar-refractivity contribution < 1.29 is 4.79 Å². The van der Waals surface area contributed by atoms with E-state index in [1.165, 1.54) is 17.7 Å². The molecular formula is C16H28IN5OS. The molecule has 136 valence electrons. The molecule has 1 fully saturated rings. The lowest BCUT2D eigenvalue weighted by molar-refractivity contribution is -0.121. The Kier molecular flexibility index (Phi) is 9.57. The fraction of sp³-hybridized carbons (Fsp3) is 0.688. The predicted molar refractivity (Wildman–Crippen MR) is 110 cm³/mol. The molecule has 0 unspecified atom stereocenters. The third-order valence-corrected chi connectivity index (χ3v) is 5.14. The van der Waals surface area contributed by atoms with Gasteiger partial charge in [-0.25, -0.2) is 4.98 Å². The lowest BCUT2D eigenvalue weighted by Crippen LogP contribution is -2.40. The van der Waals surface area contributed by atoms with E-state index in [0.717, 1.165) is 23.5 Å². The minimum absolute atomic E-state index is 0. The van der Waals surface area contributed by atoms with Crippen LogP contribution in [0.15, 0.2) is 4.99 Å². The smallest absolute Gasteiger partial charge is 0.221 e. The number of aryl methyl sites for hydroxylation is 2.